The van der Waals surface area contributed by atoms with E-state index in [-0.39, 0.29) is 11.7 Å². The van der Waals surface area contributed by atoms with Crippen LogP contribution in [0.4, 0.5) is 20.2 Å². The maximum absolute atomic E-state index is 13.0. The summed E-state index contributed by atoms with van der Waals surface area (Å²) in [5, 5.41) is 2.79. The molecule has 0 fully saturated rings. The molecule has 0 saturated carbocycles. The number of alkyl halides is 3. The quantitative estimate of drug-likeness (QED) is 0.505. The highest BCUT2D eigenvalue weighted by Crippen LogP contribution is 2.40. The number of amides is 1. The van der Waals surface area contributed by atoms with Gasteiger partial charge < -0.3 is 15.0 Å². The minimum atomic E-state index is -3.80. The minimum Gasteiger partial charge on any atom is -0.420 e. The van der Waals surface area contributed by atoms with E-state index in [1.165, 1.54) is 30.6 Å². The Hall–Kier alpha value is -3.26. The number of anilines is 2. The number of hydrogen-bond donors (Lipinski definition) is 1. The molecule has 32 heavy (non-hydrogen) atoms. The Kier molecular flexibility index (Phi) is 5.97. The maximum Gasteiger partial charge on any atom is 0.487 e. The molecule has 0 radical (unpaired) electrons. The summed E-state index contributed by atoms with van der Waals surface area (Å²) in [5.41, 5.74) is 1.03. The molecule has 0 saturated heterocycles. The Labute approximate surface area is 189 Å². The van der Waals surface area contributed by atoms with Crippen molar-refractivity contribution in [1.82, 2.24) is 9.97 Å². The van der Waals surface area contributed by atoms with Crippen LogP contribution in [0.25, 0.3) is 11.1 Å². The van der Waals surface area contributed by atoms with Crippen molar-refractivity contribution in [3.8, 4) is 16.9 Å². The van der Waals surface area contributed by atoms with Gasteiger partial charge in [0, 0.05) is 64.6 Å². The molecule has 1 N–H and O–H groups in total. The van der Waals surface area contributed by atoms with Crippen LogP contribution in [0, 0.1) is 0 Å². The van der Waals surface area contributed by atoms with Crippen LogP contribution in [0.1, 0.15) is 29.8 Å². The summed E-state index contributed by atoms with van der Waals surface area (Å²) in [7, 11) is 0. The zero-order valence-corrected chi connectivity index (χ0v) is 18.2. The lowest BCUT2D eigenvalue weighted by Crippen LogP contribution is -2.28. The number of carbonyl (C=O) groups is 1. The second-order valence-corrected chi connectivity index (χ2v) is 8.16. The molecule has 0 spiro atoms. The Morgan fingerprint density at radius 2 is 1.88 bits per heavy atom. The molecule has 0 atom stereocenters. The summed E-state index contributed by atoms with van der Waals surface area (Å²) in [6, 6.07) is 9.58. The average molecular weight is 459 g/mol. The molecule has 0 bridgehead atoms. The zero-order valence-electron chi connectivity index (χ0n) is 17.5. The van der Waals surface area contributed by atoms with E-state index in [9.17, 15) is 13.6 Å². The van der Waals surface area contributed by atoms with E-state index in [1.54, 1.807) is 12.4 Å². The van der Waals surface area contributed by atoms with Gasteiger partial charge in [-0.3, -0.25) is 4.79 Å². The van der Waals surface area contributed by atoms with E-state index in [4.69, 9.17) is 11.6 Å². The topological polar surface area (TPSA) is 67.4 Å². The van der Waals surface area contributed by atoms with Gasteiger partial charge in [-0.1, -0.05) is 0 Å². The van der Waals surface area contributed by atoms with Crippen LogP contribution in [0.5, 0.6) is 5.75 Å². The normalized spacial score (nSPS) is 13.2. The molecule has 4 rings (SSSR count). The fourth-order valence-electron chi connectivity index (χ4n) is 3.83. The maximum atomic E-state index is 13.0. The van der Waals surface area contributed by atoms with Crippen molar-refractivity contribution < 1.29 is 18.3 Å². The Balaban J connectivity index is 1.64. The first kappa shape index (κ1) is 22.0. The number of benzene rings is 2. The lowest BCUT2D eigenvalue weighted by atomic mass is 9.98. The van der Waals surface area contributed by atoms with E-state index in [0.717, 1.165) is 35.3 Å². The summed E-state index contributed by atoms with van der Waals surface area (Å²) in [6.07, 6.45) is 5.75. The fourth-order valence-corrected chi connectivity index (χ4v) is 3.92. The highest BCUT2D eigenvalue weighted by Gasteiger charge is 2.28. The van der Waals surface area contributed by atoms with Gasteiger partial charge in [-0.15, -0.1) is 8.78 Å². The smallest absolute Gasteiger partial charge is 0.420 e. The third kappa shape index (κ3) is 4.80. The number of rotatable bonds is 6. The minimum absolute atomic E-state index is 0.110. The van der Waals surface area contributed by atoms with E-state index in [1.807, 2.05) is 12.1 Å². The molecule has 1 aromatic heterocycles. The van der Waals surface area contributed by atoms with Crippen LogP contribution in [0.3, 0.4) is 0 Å². The fraction of sp³-hybridized carbons (Fsp3) is 0.261. The van der Waals surface area contributed by atoms with Gasteiger partial charge in [0.25, 0.3) is 5.91 Å². The van der Waals surface area contributed by atoms with Crippen molar-refractivity contribution in [3.63, 3.8) is 0 Å². The number of carbonyl (C=O) groups excluding carboxylic acids is 1. The van der Waals surface area contributed by atoms with Gasteiger partial charge in [0.2, 0.25) is 0 Å². The second-order valence-electron chi connectivity index (χ2n) is 7.72. The zero-order chi connectivity index (χ0) is 22.9. The van der Waals surface area contributed by atoms with E-state index < -0.39 is 5.57 Å². The standard InChI is InChI=1S/C23H21ClF2N4O2/c1-14(2)30-8-7-15-9-16(10-20(21(15)30)17-11-27-13-28-12-17)22(31)29-18-3-5-19(6-4-18)32-23(24,25)26/h3-6,9-14H,7-8H2,1-2H3,(H,29,31). The van der Waals surface area contributed by atoms with Crippen LogP contribution in [-0.4, -0.2) is 34.0 Å². The highest BCUT2D eigenvalue weighted by molar-refractivity contribution is 6.20. The molecule has 1 aliphatic rings. The average Bonchev–Trinajstić information content (AvgIpc) is 3.18. The summed E-state index contributed by atoms with van der Waals surface area (Å²) in [5.74, 6) is -0.425. The number of nitrogens with zero attached hydrogens (tertiary/aromatic N) is 3. The second kappa shape index (κ2) is 8.70. The Bertz CT molecular complexity index is 1120. The number of halogens is 3. The van der Waals surface area contributed by atoms with Crippen molar-refractivity contribution in [1.29, 1.82) is 0 Å². The molecule has 2 heterocycles. The number of fused-ring (bicyclic) bond motifs is 1. The SMILES string of the molecule is CC(C)N1CCc2cc(C(=O)Nc3ccc(OC(F)(F)Cl)cc3)cc(-c3cncnc3)c21. The molecule has 9 heteroatoms. The van der Waals surface area contributed by atoms with E-state index >= 15 is 0 Å². The largest absolute Gasteiger partial charge is 0.487 e. The van der Waals surface area contributed by atoms with Gasteiger partial charge in [-0.05, 0) is 62.2 Å². The molecule has 1 aliphatic heterocycles. The summed E-state index contributed by atoms with van der Waals surface area (Å²) < 4.78 is 29.8. The number of hydrogen-bond acceptors (Lipinski definition) is 5. The predicted molar refractivity (Wildman–Crippen MR) is 119 cm³/mol. The highest BCUT2D eigenvalue weighted by atomic mass is 35.5. The first-order valence-corrected chi connectivity index (χ1v) is 10.4. The van der Waals surface area contributed by atoms with Crippen molar-refractivity contribution in [2.45, 2.75) is 31.9 Å². The molecular formula is C23H21ClF2N4O2. The van der Waals surface area contributed by atoms with E-state index in [0.29, 0.717) is 17.3 Å². The van der Waals surface area contributed by atoms with Gasteiger partial charge in [-0.25, -0.2) is 9.97 Å². The van der Waals surface area contributed by atoms with Crippen LogP contribution in [-0.2, 0) is 6.42 Å². The predicted octanol–water partition coefficient (Wildman–Crippen LogP) is 5.33. The lowest BCUT2D eigenvalue weighted by Gasteiger charge is -2.26. The monoisotopic (exact) mass is 458 g/mol. The third-order valence-electron chi connectivity index (χ3n) is 5.20. The molecule has 2 aromatic carbocycles. The number of nitrogens with one attached hydrogen (secondary N) is 1. The summed E-state index contributed by atoms with van der Waals surface area (Å²) in [4.78, 5) is 23.6. The first-order chi connectivity index (χ1) is 15.2. The number of aromatic nitrogens is 2. The van der Waals surface area contributed by atoms with Crippen molar-refractivity contribution in [2.75, 3.05) is 16.8 Å². The van der Waals surface area contributed by atoms with Crippen LogP contribution < -0.4 is 15.0 Å². The Morgan fingerprint density at radius 3 is 2.50 bits per heavy atom. The van der Waals surface area contributed by atoms with Crippen molar-refractivity contribution >= 4 is 28.9 Å². The van der Waals surface area contributed by atoms with Gasteiger partial charge >= 0.3 is 5.57 Å². The van der Waals surface area contributed by atoms with Gasteiger partial charge in [-0.2, -0.15) is 0 Å². The molecular weight excluding hydrogens is 438 g/mol. The van der Waals surface area contributed by atoms with Gasteiger partial charge in [0.1, 0.15) is 12.1 Å². The van der Waals surface area contributed by atoms with Gasteiger partial charge in [0.15, 0.2) is 0 Å². The molecule has 3 aromatic rings. The lowest BCUT2D eigenvalue weighted by molar-refractivity contribution is -0.0964. The van der Waals surface area contributed by atoms with Crippen molar-refractivity contribution in [3.05, 3.63) is 66.2 Å². The van der Waals surface area contributed by atoms with Crippen LogP contribution >= 0.6 is 11.6 Å². The molecule has 0 aliphatic carbocycles. The summed E-state index contributed by atoms with van der Waals surface area (Å²) >= 11 is 4.78. The third-order valence-corrected chi connectivity index (χ3v) is 5.28. The van der Waals surface area contributed by atoms with Crippen LogP contribution in [0.2, 0.25) is 0 Å². The van der Waals surface area contributed by atoms with Crippen molar-refractivity contribution in [2.24, 2.45) is 0 Å². The molecule has 1 amide bonds. The van der Waals surface area contributed by atoms with Crippen LogP contribution in [0.15, 0.2) is 55.1 Å². The first-order valence-electron chi connectivity index (χ1n) is 10.1. The summed E-state index contributed by atoms with van der Waals surface area (Å²) in [6.45, 7) is 5.13. The van der Waals surface area contributed by atoms with E-state index in [2.05, 4.69) is 38.8 Å². The van der Waals surface area contributed by atoms with Gasteiger partial charge in [0.05, 0.1) is 0 Å². The molecule has 166 valence electrons. The molecule has 0 unspecified atom stereocenters. The molecule has 6 nitrogen and oxygen atoms in total. The Morgan fingerprint density at radius 1 is 1.19 bits per heavy atom. The number of ether oxygens (including phenoxy) is 1.